The topological polar surface area (TPSA) is 75.3 Å². The van der Waals surface area contributed by atoms with Crippen LogP contribution in [0.4, 0.5) is 13.2 Å². The van der Waals surface area contributed by atoms with Gasteiger partial charge in [-0.3, -0.25) is 4.79 Å². The van der Waals surface area contributed by atoms with Crippen LogP contribution >= 0.6 is 11.6 Å². The maximum absolute atomic E-state index is 12.8. The minimum absolute atomic E-state index is 0.0655. The number of halogens is 4. The number of carbonyl (C=O) groups excluding carboxylic acids is 1. The Morgan fingerprint density at radius 3 is 2.10 bits per heavy atom. The average Bonchev–Trinajstić information content (AvgIpc) is 2.63. The molecule has 0 saturated heterocycles. The van der Waals surface area contributed by atoms with E-state index in [1.54, 1.807) is 29.6 Å². The Labute approximate surface area is 171 Å². The molecule has 29 heavy (non-hydrogen) atoms. The molecule has 0 heterocycles. The Balaban J connectivity index is 1.75. The van der Waals surface area contributed by atoms with Crippen LogP contribution in [0.25, 0.3) is 0 Å². The van der Waals surface area contributed by atoms with Gasteiger partial charge in [-0.25, -0.2) is 13.1 Å². The maximum Gasteiger partial charge on any atom is 0.405 e. The number of benzene rings is 2. The van der Waals surface area contributed by atoms with Crippen LogP contribution in [0.2, 0.25) is 5.02 Å². The van der Waals surface area contributed by atoms with Crippen molar-refractivity contribution in [3.05, 3.63) is 64.7 Å². The lowest BCUT2D eigenvalue weighted by Crippen LogP contribution is -2.50. The minimum Gasteiger partial charge on any atom is -0.343 e. The van der Waals surface area contributed by atoms with Gasteiger partial charge in [0.25, 0.3) is 5.91 Å². The Bertz CT molecular complexity index is 987. The quantitative estimate of drug-likeness (QED) is 0.704. The molecule has 0 atom stereocenters. The normalized spacial score (nSPS) is 16.1. The Hall–Kier alpha value is -2.10. The Kier molecular flexibility index (Phi) is 5.93. The predicted molar refractivity (Wildman–Crippen MR) is 102 cm³/mol. The number of amides is 1. The van der Waals surface area contributed by atoms with Crippen LogP contribution in [0.1, 0.15) is 35.2 Å². The fourth-order valence-corrected chi connectivity index (χ4v) is 4.71. The fourth-order valence-electron chi connectivity index (χ4n) is 3.13. The zero-order chi connectivity index (χ0) is 21.3. The van der Waals surface area contributed by atoms with E-state index in [0.29, 0.717) is 17.9 Å². The van der Waals surface area contributed by atoms with Gasteiger partial charge in [0.2, 0.25) is 10.0 Å². The van der Waals surface area contributed by atoms with Crippen molar-refractivity contribution in [2.24, 2.45) is 0 Å². The molecule has 1 aliphatic rings. The van der Waals surface area contributed by atoms with Gasteiger partial charge in [-0.1, -0.05) is 23.7 Å². The zero-order valence-corrected chi connectivity index (χ0v) is 16.7. The molecule has 0 radical (unpaired) electrons. The molecule has 2 aromatic rings. The molecule has 10 heteroatoms. The summed E-state index contributed by atoms with van der Waals surface area (Å²) in [5, 5.41) is 2.29. The van der Waals surface area contributed by atoms with E-state index in [4.69, 9.17) is 11.6 Å². The second kappa shape index (κ2) is 7.97. The summed E-state index contributed by atoms with van der Waals surface area (Å²) in [6.07, 6.45) is -2.40. The van der Waals surface area contributed by atoms with Crippen LogP contribution in [0.5, 0.6) is 0 Å². The van der Waals surface area contributed by atoms with Gasteiger partial charge in [0.1, 0.15) is 6.54 Å². The van der Waals surface area contributed by atoms with Crippen LogP contribution in [0, 0.1) is 0 Å². The Morgan fingerprint density at radius 2 is 1.62 bits per heavy atom. The first-order chi connectivity index (χ1) is 13.5. The van der Waals surface area contributed by atoms with E-state index >= 15 is 0 Å². The van der Waals surface area contributed by atoms with Crippen molar-refractivity contribution in [3.8, 4) is 0 Å². The molecule has 0 unspecified atom stereocenters. The highest BCUT2D eigenvalue weighted by Gasteiger charge is 2.42. The summed E-state index contributed by atoms with van der Waals surface area (Å²) in [7, 11) is -3.91. The first-order valence-electron chi connectivity index (χ1n) is 8.76. The van der Waals surface area contributed by atoms with Crippen molar-refractivity contribution < 1.29 is 26.4 Å². The number of carbonyl (C=O) groups is 1. The summed E-state index contributed by atoms with van der Waals surface area (Å²) in [6.45, 7) is -1.46. The largest absolute Gasteiger partial charge is 0.405 e. The first-order valence-corrected chi connectivity index (χ1v) is 10.6. The van der Waals surface area contributed by atoms with Crippen molar-refractivity contribution in [1.29, 1.82) is 0 Å². The summed E-state index contributed by atoms with van der Waals surface area (Å²) in [4.78, 5) is 11.7. The Morgan fingerprint density at radius 1 is 1.03 bits per heavy atom. The van der Waals surface area contributed by atoms with Crippen molar-refractivity contribution in [3.63, 3.8) is 0 Å². The number of nitrogens with one attached hydrogen (secondary N) is 2. The van der Waals surface area contributed by atoms with Crippen molar-refractivity contribution in [2.75, 3.05) is 6.54 Å². The lowest BCUT2D eigenvalue weighted by molar-refractivity contribution is -0.123. The molecule has 5 nitrogen and oxygen atoms in total. The van der Waals surface area contributed by atoms with E-state index in [1.165, 1.54) is 24.3 Å². The van der Waals surface area contributed by atoms with E-state index in [-0.39, 0.29) is 10.5 Å². The molecule has 2 N–H and O–H groups in total. The van der Waals surface area contributed by atoms with Gasteiger partial charge in [0.15, 0.2) is 0 Å². The highest BCUT2D eigenvalue weighted by molar-refractivity contribution is 7.89. The maximum atomic E-state index is 12.8. The highest BCUT2D eigenvalue weighted by Crippen LogP contribution is 2.42. The first kappa shape index (κ1) is 21.6. The van der Waals surface area contributed by atoms with E-state index in [1.807, 2.05) is 0 Å². The molecule has 3 rings (SSSR count). The standard InChI is InChI=1S/C19H18ClF3N2O3S/c20-15-6-4-14(5-7-15)18(10-1-11-18)25-29(27,28)16-8-2-13(3-9-16)17(26)24-12-19(21,22)23/h2-9,25H,1,10-12H2,(H,24,26). The molecule has 0 spiro atoms. The van der Waals surface area contributed by atoms with E-state index in [0.717, 1.165) is 12.0 Å². The van der Waals surface area contributed by atoms with Crippen LogP contribution in [0.3, 0.4) is 0 Å². The van der Waals surface area contributed by atoms with Crippen molar-refractivity contribution in [2.45, 2.75) is 35.9 Å². The van der Waals surface area contributed by atoms with Gasteiger partial charge < -0.3 is 5.32 Å². The van der Waals surface area contributed by atoms with Gasteiger partial charge in [-0.05, 0) is 61.2 Å². The van der Waals surface area contributed by atoms with Gasteiger partial charge in [0.05, 0.1) is 10.4 Å². The van der Waals surface area contributed by atoms with Gasteiger partial charge >= 0.3 is 6.18 Å². The molecule has 1 fully saturated rings. The SMILES string of the molecule is O=C(NCC(F)(F)F)c1ccc(S(=O)(=O)NC2(c3ccc(Cl)cc3)CCC2)cc1. The summed E-state index contributed by atoms with van der Waals surface area (Å²) >= 11 is 5.91. The molecule has 1 aliphatic carbocycles. The zero-order valence-electron chi connectivity index (χ0n) is 15.1. The predicted octanol–water partition coefficient (Wildman–Crippen LogP) is 3.99. The molecule has 156 valence electrons. The lowest BCUT2D eigenvalue weighted by atomic mass is 9.73. The van der Waals surface area contributed by atoms with Crippen molar-refractivity contribution >= 4 is 27.5 Å². The lowest BCUT2D eigenvalue weighted by Gasteiger charge is -2.42. The number of alkyl halides is 3. The van der Waals surface area contributed by atoms with Gasteiger partial charge in [-0.15, -0.1) is 0 Å². The summed E-state index contributed by atoms with van der Waals surface area (Å²) in [5.41, 5.74) is 0.00995. The number of hydrogen-bond acceptors (Lipinski definition) is 3. The molecular weight excluding hydrogens is 429 g/mol. The summed E-state index contributed by atoms with van der Waals surface area (Å²) in [5.74, 6) is -0.934. The molecule has 2 aromatic carbocycles. The van der Waals surface area contributed by atoms with E-state index in [9.17, 15) is 26.4 Å². The van der Waals surface area contributed by atoms with Gasteiger partial charge in [-0.2, -0.15) is 13.2 Å². The fraction of sp³-hybridized carbons (Fsp3) is 0.316. The second-order valence-corrected chi connectivity index (χ2v) is 8.99. The van der Waals surface area contributed by atoms with E-state index in [2.05, 4.69) is 4.72 Å². The molecule has 1 amide bonds. The molecular formula is C19H18ClF3N2O3S. The highest BCUT2D eigenvalue weighted by atomic mass is 35.5. The number of rotatable bonds is 6. The monoisotopic (exact) mass is 446 g/mol. The molecule has 1 saturated carbocycles. The van der Waals surface area contributed by atoms with Gasteiger partial charge in [0, 0.05) is 10.6 Å². The third kappa shape index (κ3) is 5.09. The van der Waals surface area contributed by atoms with Crippen LogP contribution in [-0.4, -0.2) is 27.0 Å². The van der Waals surface area contributed by atoms with Crippen LogP contribution in [0.15, 0.2) is 53.4 Å². The van der Waals surface area contributed by atoms with E-state index < -0.39 is 34.2 Å². The van der Waals surface area contributed by atoms with Crippen LogP contribution < -0.4 is 10.0 Å². The molecule has 0 bridgehead atoms. The number of sulfonamides is 1. The average molecular weight is 447 g/mol. The smallest absolute Gasteiger partial charge is 0.343 e. The number of hydrogen-bond donors (Lipinski definition) is 2. The molecule has 0 aromatic heterocycles. The third-order valence-corrected chi connectivity index (χ3v) is 6.61. The third-order valence-electron chi connectivity index (χ3n) is 4.81. The van der Waals surface area contributed by atoms with Crippen LogP contribution in [-0.2, 0) is 15.6 Å². The minimum atomic E-state index is -4.53. The summed E-state index contributed by atoms with van der Waals surface area (Å²) < 4.78 is 65.0. The van der Waals surface area contributed by atoms with Crippen molar-refractivity contribution in [1.82, 2.24) is 10.0 Å². The second-order valence-electron chi connectivity index (χ2n) is 6.87. The molecule has 0 aliphatic heterocycles. The summed E-state index contributed by atoms with van der Waals surface area (Å²) in [6, 6.07) is 11.7.